The number of thioether (sulfide) groups is 1. The predicted octanol–water partition coefficient (Wildman–Crippen LogP) is 2.57. The van der Waals surface area contributed by atoms with Gasteiger partial charge in [-0.1, -0.05) is 18.2 Å². The highest BCUT2D eigenvalue weighted by Gasteiger charge is 2.41. The zero-order chi connectivity index (χ0) is 18.0. The molecule has 1 fully saturated rings. The van der Waals surface area contributed by atoms with Gasteiger partial charge >= 0.3 is 5.97 Å². The number of hydrogen-bond donors (Lipinski definition) is 2. The van der Waals surface area contributed by atoms with E-state index in [4.69, 9.17) is 0 Å². The zero-order valence-electron chi connectivity index (χ0n) is 14.3. The van der Waals surface area contributed by atoms with E-state index in [9.17, 15) is 14.7 Å². The van der Waals surface area contributed by atoms with Crippen LogP contribution in [0.3, 0.4) is 0 Å². The van der Waals surface area contributed by atoms with Crippen molar-refractivity contribution in [2.75, 3.05) is 11.5 Å². The molecule has 0 atom stereocenters. The van der Waals surface area contributed by atoms with Crippen molar-refractivity contribution >= 4 is 23.6 Å². The zero-order valence-corrected chi connectivity index (χ0v) is 15.1. The van der Waals surface area contributed by atoms with Crippen molar-refractivity contribution in [1.29, 1.82) is 0 Å². The summed E-state index contributed by atoms with van der Waals surface area (Å²) in [6, 6.07) is 7.79. The van der Waals surface area contributed by atoms with Gasteiger partial charge in [0.25, 0.3) is 5.91 Å². The average molecular weight is 359 g/mol. The number of aromatic nitrogens is 2. The fraction of sp³-hybridized carbons (Fsp3) is 0.389. The fourth-order valence-electron chi connectivity index (χ4n) is 3.07. The smallest absolute Gasteiger partial charge is 0.329 e. The molecule has 0 unspecified atom stereocenters. The number of hydrogen-bond acceptors (Lipinski definition) is 4. The summed E-state index contributed by atoms with van der Waals surface area (Å²) >= 11 is 1.71. The molecule has 2 N–H and O–H groups in total. The second kappa shape index (κ2) is 6.92. The number of rotatable bonds is 4. The molecule has 1 aliphatic heterocycles. The first-order valence-corrected chi connectivity index (χ1v) is 9.34. The molecule has 0 bridgehead atoms. The summed E-state index contributed by atoms with van der Waals surface area (Å²) in [6.07, 6.45) is 2.37. The molecule has 25 heavy (non-hydrogen) atoms. The van der Waals surface area contributed by atoms with E-state index in [2.05, 4.69) is 10.4 Å². The number of para-hydroxylation sites is 1. The van der Waals surface area contributed by atoms with E-state index in [1.165, 1.54) is 6.20 Å². The topological polar surface area (TPSA) is 84.2 Å². The van der Waals surface area contributed by atoms with E-state index in [0.717, 1.165) is 22.8 Å². The van der Waals surface area contributed by atoms with Crippen LogP contribution in [0.25, 0.3) is 5.69 Å². The van der Waals surface area contributed by atoms with Crippen LogP contribution < -0.4 is 5.32 Å². The van der Waals surface area contributed by atoms with Crippen LogP contribution in [0.4, 0.5) is 0 Å². The number of aryl methyl sites for hydroxylation is 1. The first-order valence-electron chi connectivity index (χ1n) is 8.19. The van der Waals surface area contributed by atoms with Crippen LogP contribution in [0.2, 0.25) is 0 Å². The normalized spacial score (nSPS) is 16.4. The maximum atomic E-state index is 12.7. The lowest BCUT2D eigenvalue weighted by molar-refractivity contribution is -0.144. The third-order valence-electron chi connectivity index (χ3n) is 4.71. The Bertz CT molecular complexity index is 810. The van der Waals surface area contributed by atoms with Crippen molar-refractivity contribution in [3.63, 3.8) is 0 Å². The SMILES string of the molecule is Cc1ccccc1-n1ncc(C(=O)NC2(C(=O)O)CCSCC2)c1C. The summed E-state index contributed by atoms with van der Waals surface area (Å²) in [5.41, 5.74) is 1.87. The van der Waals surface area contributed by atoms with Gasteiger partial charge in [-0.25, -0.2) is 9.48 Å². The number of carbonyl (C=O) groups is 2. The number of benzene rings is 1. The molecule has 0 radical (unpaired) electrons. The van der Waals surface area contributed by atoms with E-state index >= 15 is 0 Å². The van der Waals surface area contributed by atoms with Gasteiger partial charge in [0.2, 0.25) is 0 Å². The minimum Gasteiger partial charge on any atom is -0.480 e. The van der Waals surface area contributed by atoms with Crippen molar-refractivity contribution in [2.45, 2.75) is 32.2 Å². The molecule has 1 aliphatic rings. The minimum atomic E-state index is -1.18. The number of carboxylic acids is 1. The molecule has 3 rings (SSSR count). The number of nitrogens with one attached hydrogen (secondary N) is 1. The lowest BCUT2D eigenvalue weighted by atomic mass is 9.92. The maximum Gasteiger partial charge on any atom is 0.329 e. The molecule has 0 saturated carbocycles. The van der Waals surface area contributed by atoms with E-state index < -0.39 is 11.5 Å². The Morgan fingerprint density at radius 1 is 1.24 bits per heavy atom. The second-order valence-corrected chi connectivity index (χ2v) is 7.52. The Labute approximate surface area is 150 Å². The van der Waals surface area contributed by atoms with Crippen molar-refractivity contribution in [2.24, 2.45) is 0 Å². The highest BCUT2D eigenvalue weighted by atomic mass is 32.2. The van der Waals surface area contributed by atoms with Crippen LogP contribution in [0.1, 0.15) is 34.5 Å². The van der Waals surface area contributed by atoms with Gasteiger partial charge in [0.05, 0.1) is 23.1 Å². The standard InChI is InChI=1S/C18H21N3O3S/c1-12-5-3-4-6-15(12)21-13(2)14(11-19-21)16(22)20-18(17(23)24)7-9-25-10-8-18/h3-6,11H,7-10H2,1-2H3,(H,20,22)(H,23,24). The summed E-state index contributed by atoms with van der Waals surface area (Å²) in [7, 11) is 0. The summed E-state index contributed by atoms with van der Waals surface area (Å²) in [5, 5.41) is 16.7. The molecule has 2 heterocycles. The Hall–Kier alpha value is -2.28. The lowest BCUT2D eigenvalue weighted by Gasteiger charge is -2.33. The van der Waals surface area contributed by atoms with Gasteiger partial charge in [-0.2, -0.15) is 16.9 Å². The summed E-state index contributed by atoms with van der Waals surface area (Å²) in [4.78, 5) is 24.5. The number of aliphatic carboxylic acids is 1. The van der Waals surface area contributed by atoms with E-state index in [1.807, 2.05) is 38.1 Å². The lowest BCUT2D eigenvalue weighted by Crippen LogP contribution is -2.56. The molecule has 132 valence electrons. The van der Waals surface area contributed by atoms with Gasteiger partial charge in [0.1, 0.15) is 5.54 Å². The molecular weight excluding hydrogens is 338 g/mol. The Morgan fingerprint density at radius 3 is 2.56 bits per heavy atom. The summed E-state index contributed by atoms with van der Waals surface area (Å²) < 4.78 is 1.72. The summed E-state index contributed by atoms with van der Waals surface area (Å²) in [6.45, 7) is 3.80. The van der Waals surface area contributed by atoms with Gasteiger partial charge in [-0.05, 0) is 49.8 Å². The van der Waals surface area contributed by atoms with Crippen molar-refractivity contribution in [1.82, 2.24) is 15.1 Å². The number of carboxylic acid groups (broad SMARTS) is 1. The molecule has 0 spiro atoms. The van der Waals surface area contributed by atoms with Gasteiger partial charge in [0, 0.05) is 0 Å². The molecule has 2 aromatic rings. The molecule has 7 heteroatoms. The highest BCUT2D eigenvalue weighted by Crippen LogP contribution is 2.28. The third-order valence-corrected chi connectivity index (χ3v) is 5.69. The predicted molar refractivity (Wildman–Crippen MR) is 97.4 cm³/mol. The molecule has 1 amide bonds. The van der Waals surface area contributed by atoms with Crippen LogP contribution in [0.15, 0.2) is 30.5 Å². The Balaban J connectivity index is 1.89. The van der Waals surface area contributed by atoms with E-state index in [-0.39, 0.29) is 5.91 Å². The highest BCUT2D eigenvalue weighted by molar-refractivity contribution is 7.99. The molecule has 1 aromatic carbocycles. The number of nitrogens with zero attached hydrogens (tertiary/aromatic N) is 2. The Kier molecular flexibility index (Phi) is 4.85. The second-order valence-electron chi connectivity index (χ2n) is 6.30. The van der Waals surface area contributed by atoms with Crippen molar-refractivity contribution in [3.05, 3.63) is 47.3 Å². The fourth-order valence-corrected chi connectivity index (χ4v) is 4.26. The van der Waals surface area contributed by atoms with Gasteiger partial charge in [0.15, 0.2) is 0 Å². The maximum absolute atomic E-state index is 12.7. The monoisotopic (exact) mass is 359 g/mol. The van der Waals surface area contributed by atoms with Gasteiger partial charge < -0.3 is 10.4 Å². The summed E-state index contributed by atoms with van der Waals surface area (Å²) in [5.74, 6) is 0.110. The molecule has 0 aliphatic carbocycles. The minimum absolute atomic E-state index is 0.383. The first-order chi connectivity index (χ1) is 11.9. The van der Waals surface area contributed by atoms with Gasteiger partial charge in [-0.3, -0.25) is 4.79 Å². The van der Waals surface area contributed by atoms with Crippen LogP contribution in [-0.4, -0.2) is 43.8 Å². The van der Waals surface area contributed by atoms with Crippen LogP contribution in [0, 0.1) is 13.8 Å². The third kappa shape index (κ3) is 3.28. The van der Waals surface area contributed by atoms with Gasteiger partial charge in [-0.15, -0.1) is 0 Å². The van der Waals surface area contributed by atoms with Crippen LogP contribution in [0.5, 0.6) is 0 Å². The largest absolute Gasteiger partial charge is 0.480 e. The average Bonchev–Trinajstić information content (AvgIpc) is 2.97. The van der Waals surface area contributed by atoms with E-state index in [0.29, 0.717) is 24.1 Å². The molecule has 6 nitrogen and oxygen atoms in total. The number of amides is 1. The van der Waals surface area contributed by atoms with Crippen molar-refractivity contribution in [3.8, 4) is 5.69 Å². The van der Waals surface area contributed by atoms with Crippen LogP contribution in [-0.2, 0) is 4.79 Å². The first kappa shape index (κ1) is 17.5. The van der Waals surface area contributed by atoms with Crippen molar-refractivity contribution < 1.29 is 14.7 Å². The Morgan fingerprint density at radius 2 is 1.92 bits per heavy atom. The molecule has 1 saturated heterocycles. The quantitative estimate of drug-likeness (QED) is 0.876. The molecule has 1 aromatic heterocycles. The van der Waals surface area contributed by atoms with E-state index in [1.54, 1.807) is 16.4 Å². The molecular formula is C18H21N3O3S. The number of carbonyl (C=O) groups excluding carboxylic acids is 1. The van der Waals surface area contributed by atoms with Crippen LogP contribution >= 0.6 is 11.8 Å².